The molecule has 0 amide bonds. The predicted molar refractivity (Wildman–Crippen MR) is 357 cm³/mol. The molecule has 91 heavy (non-hydrogen) atoms. The van der Waals surface area contributed by atoms with Crippen molar-refractivity contribution in [1.82, 2.24) is 0 Å². The average molecular weight is 1220 g/mol. The molecule has 20 heteroatoms. The first-order valence-electron chi connectivity index (χ1n) is 28.5. The van der Waals surface area contributed by atoms with Crippen LogP contribution in [0.5, 0.6) is 46.0 Å². The van der Waals surface area contributed by atoms with E-state index in [-0.39, 0.29) is 22.3 Å². The van der Waals surface area contributed by atoms with E-state index in [1.807, 2.05) is 168 Å². The quantitative estimate of drug-likeness (QED) is 0.103. The molecule has 8 aromatic rings. The van der Waals surface area contributed by atoms with Crippen molar-refractivity contribution in [3.8, 4) is 70.3 Å². The van der Waals surface area contributed by atoms with Crippen LogP contribution in [0.3, 0.4) is 0 Å². The molecule has 0 spiro atoms. The topological polar surface area (TPSA) is 250 Å². The monoisotopic (exact) mass is 1220 g/mol. The number of benzene rings is 8. The molecule has 0 radical (unpaired) electrons. The molecule has 0 fully saturated rings. The maximum absolute atomic E-state index is 9.73. The second-order valence-electron chi connectivity index (χ2n) is 22.3. The number of fused-ring (bicyclic) bond motifs is 4. The fourth-order valence-electron chi connectivity index (χ4n) is 10.5. The molecule has 8 aromatic carbocycles. The van der Waals surface area contributed by atoms with E-state index < -0.39 is 28.5 Å². The van der Waals surface area contributed by atoms with Gasteiger partial charge in [-0.3, -0.25) is 0 Å². The Bertz CT molecular complexity index is 4120. The van der Waals surface area contributed by atoms with Crippen LogP contribution in [0, 0.1) is 128 Å². The lowest BCUT2D eigenvalue weighted by atomic mass is 9.78. The standard InChI is InChI=1S/4C17H16BNO3.3CH4/c1-10-4-13(8-19)17(6-11(10)2)22-16-7-14-9-21-18(20)15(14)5-12(16)3;1-10-4-15(6-13(8-19)12(10)3)22-17-7-14-9-21-18(20)16(14)5-11(17)2;1-10-6-14(7-13(8-19)11(10)2)22-17-5-4-16-15(12(17)3)9-21-18(16)20;1-10-6-13(8-19)17(7-11(10)2)22-16-5-4-15-14(12(16)3)9-21-18(15)20;;;/h4*4-7,20H,9H2,1-3H3;3*1H4. The van der Waals surface area contributed by atoms with Crippen LogP contribution in [0.2, 0.25) is 0 Å². The number of aryl methyl sites for hydroxylation is 8. The van der Waals surface area contributed by atoms with E-state index in [1.54, 1.807) is 12.1 Å². The zero-order chi connectivity index (χ0) is 63.4. The molecule has 0 atom stereocenters. The van der Waals surface area contributed by atoms with Gasteiger partial charge in [0, 0.05) is 0 Å². The van der Waals surface area contributed by atoms with Gasteiger partial charge in [0.05, 0.1) is 60.8 Å². The molecule has 0 unspecified atom stereocenters. The Labute approximate surface area is 536 Å². The molecule has 0 aromatic heterocycles. The van der Waals surface area contributed by atoms with Crippen LogP contribution in [0.25, 0.3) is 0 Å². The number of rotatable bonds is 8. The van der Waals surface area contributed by atoms with Crippen LogP contribution >= 0.6 is 0 Å². The minimum atomic E-state index is -0.862. The molecule has 4 aliphatic heterocycles. The Morgan fingerprint density at radius 3 is 1.04 bits per heavy atom. The van der Waals surface area contributed by atoms with Gasteiger partial charge in [-0.25, -0.2) is 0 Å². The normalized spacial score (nSPS) is 12.5. The number of hydrogen-bond donors (Lipinski definition) is 4. The first-order chi connectivity index (χ1) is 42.0. The molecule has 16 nitrogen and oxygen atoms in total. The summed E-state index contributed by atoms with van der Waals surface area (Å²) in [5.74, 6) is 5.16. The van der Waals surface area contributed by atoms with Gasteiger partial charge in [-0.15, -0.1) is 0 Å². The molecule has 0 saturated carbocycles. The number of hydrogen-bond acceptors (Lipinski definition) is 16. The maximum atomic E-state index is 9.73. The third-order valence-corrected chi connectivity index (χ3v) is 16.5. The summed E-state index contributed by atoms with van der Waals surface area (Å²) in [6.45, 7) is 24.9. The first-order valence-corrected chi connectivity index (χ1v) is 28.5. The van der Waals surface area contributed by atoms with E-state index in [2.05, 4.69) is 24.3 Å². The molecule has 0 saturated heterocycles. The lowest BCUT2D eigenvalue weighted by Gasteiger charge is -2.14. The van der Waals surface area contributed by atoms with Crippen molar-refractivity contribution in [2.24, 2.45) is 0 Å². The number of ether oxygens (including phenoxy) is 4. The van der Waals surface area contributed by atoms with E-state index in [1.165, 1.54) is 0 Å². The van der Waals surface area contributed by atoms with E-state index in [0.29, 0.717) is 94.7 Å². The van der Waals surface area contributed by atoms with Crippen molar-refractivity contribution >= 4 is 50.3 Å². The minimum Gasteiger partial charge on any atom is -0.457 e. The molecule has 0 aliphatic carbocycles. The van der Waals surface area contributed by atoms with Gasteiger partial charge >= 0.3 is 28.5 Å². The van der Waals surface area contributed by atoms with E-state index in [9.17, 15) is 41.1 Å². The highest BCUT2D eigenvalue weighted by molar-refractivity contribution is 6.63. The SMILES string of the molecule is C.C.C.Cc1cc(C#N)c(Oc2cc3c(cc2C)B(O)OC3)cc1C.Cc1cc(C#N)c(Oc2ccc3c(c2C)COB3O)cc1C.Cc1cc(Oc2ccc3c(c2C)COB3O)cc(C#N)c1C.Cc1cc2c(cc1Oc1cc(C)c(C)c(C#N)c1)COB2O. The molecule has 12 rings (SSSR count). The Morgan fingerprint density at radius 2 is 0.648 bits per heavy atom. The molecule has 464 valence electrons. The summed E-state index contributed by atoms with van der Waals surface area (Å²) in [4.78, 5) is 0. The molecular weight excluding hydrogens is 1140 g/mol. The van der Waals surface area contributed by atoms with E-state index in [4.69, 9.17) is 37.6 Å². The van der Waals surface area contributed by atoms with Crippen LogP contribution in [-0.2, 0) is 45.0 Å². The van der Waals surface area contributed by atoms with Gasteiger partial charge in [0.2, 0.25) is 0 Å². The van der Waals surface area contributed by atoms with Gasteiger partial charge in [0.1, 0.15) is 58.1 Å². The Kier molecular flexibility index (Phi) is 23.5. The van der Waals surface area contributed by atoms with Crippen molar-refractivity contribution in [1.29, 1.82) is 21.0 Å². The fraction of sp³-hybridized carbons (Fsp3) is 0.268. The Hall–Kier alpha value is -9.14. The maximum Gasteiger partial charge on any atom is 0.491 e. The summed E-state index contributed by atoms with van der Waals surface area (Å²) in [6.07, 6.45) is 0. The fourth-order valence-corrected chi connectivity index (χ4v) is 10.5. The van der Waals surface area contributed by atoms with Crippen molar-refractivity contribution in [2.45, 2.75) is 132 Å². The molecule has 4 heterocycles. The number of nitriles is 4. The summed E-state index contributed by atoms with van der Waals surface area (Å²) < 4.78 is 44.8. The smallest absolute Gasteiger partial charge is 0.457 e. The molecule has 4 N–H and O–H groups in total. The summed E-state index contributed by atoms with van der Waals surface area (Å²) in [6, 6.07) is 38.3. The van der Waals surface area contributed by atoms with Crippen LogP contribution in [-0.4, -0.2) is 48.6 Å². The van der Waals surface area contributed by atoms with Crippen molar-refractivity contribution in [3.05, 3.63) is 208 Å². The van der Waals surface area contributed by atoms with Crippen molar-refractivity contribution in [3.63, 3.8) is 0 Å². The average Bonchev–Trinajstić information content (AvgIpc) is 1.83. The third kappa shape index (κ3) is 15.4. The predicted octanol–water partition coefficient (Wildman–Crippen LogP) is 11.9. The Balaban J connectivity index is 0.000000191. The highest BCUT2D eigenvalue weighted by atomic mass is 16.5. The van der Waals surface area contributed by atoms with Crippen molar-refractivity contribution < 1.29 is 57.7 Å². The van der Waals surface area contributed by atoms with Gasteiger partial charge < -0.3 is 57.7 Å². The first kappa shape index (κ1) is 70.9. The van der Waals surface area contributed by atoms with Gasteiger partial charge in [-0.1, -0.05) is 46.5 Å². The third-order valence-electron chi connectivity index (χ3n) is 16.5. The lowest BCUT2D eigenvalue weighted by molar-refractivity contribution is 0.274. The summed E-state index contributed by atoms with van der Waals surface area (Å²) in [5, 5.41) is 75.9. The van der Waals surface area contributed by atoms with Crippen LogP contribution in [0.1, 0.15) is 134 Å². The second kappa shape index (κ2) is 30.1. The summed E-state index contributed by atoms with van der Waals surface area (Å²) >= 11 is 0. The highest BCUT2D eigenvalue weighted by Crippen LogP contribution is 2.36. The summed E-state index contributed by atoms with van der Waals surface area (Å²) in [7, 11) is -3.43. The van der Waals surface area contributed by atoms with Gasteiger partial charge in [-0.05, 0) is 267 Å². The zero-order valence-corrected chi connectivity index (χ0v) is 51.2. The Morgan fingerprint density at radius 1 is 0.319 bits per heavy atom. The van der Waals surface area contributed by atoms with Gasteiger partial charge in [0.25, 0.3) is 0 Å². The van der Waals surface area contributed by atoms with Crippen molar-refractivity contribution in [2.75, 3.05) is 0 Å². The molecule has 0 bridgehead atoms. The minimum absolute atomic E-state index is 0. The summed E-state index contributed by atoms with van der Waals surface area (Å²) in [5.41, 5.74) is 21.1. The van der Waals surface area contributed by atoms with Crippen LogP contribution in [0.4, 0.5) is 0 Å². The van der Waals surface area contributed by atoms with Crippen LogP contribution < -0.4 is 40.8 Å². The van der Waals surface area contributed by atoms with Crippen LogP contribution in [0.15, 0.2) is 97.1 Å². The van der Waals surface area contributed by atoms with E-state index >= 15 is 0 Å². The van der Waals surface area contributed by atoms with Gasteiger partial charge in [0.15, 0.2) is 0 Å². The molecule has 4 aliphatic rings. The highest BCUT2D eigenvalue weighted by Gasteiger charge is 2.33. The lowest BCUT2D eigenvalue weighted by Crippen LogP contribution is -2.28. The molecular formula is C71H76B4N4O12. The van der Waals surface area contributed by atoms with Gasteiger partial charge in [-0.2, -0.15) is 21.0 Å². The number of nitrogens with zero attached hydrogens (tertiary/aromatic N) is 4. The van der Waals surface area contributed by atoms with E-state index in [0.717, 1.165) is 111 Å². The zero-order valence-electron chi connectivity index (χ0n) is 51.2. The second-order valence-corrected chi connectivity index (χ2v) is 22.3. The largest absolute Gasteiger partial charge is 0.491 e.